The number of hydrogen-bond acceptors (Lipinski definition) is 7. The van der Waals surface area contributed by atoms with Gasteiger partial charge in [0.15, 0.2) is 16.3 Å². The Morgan fingerprint density at radius 3 is 2.58 bits per heavy atom. The number of imidazole rings is 1. The average molecular weight is 525 g/mol. The van der Waals surface area contributed by atoms with E-state index in [1.807, 2.05) is 42.7 Å². The summed E-state index contributed by atoms with van der Waals surface area (Å²) in [4.78, 5) is 36.7. The molecule has 0 aliphatic heterocycles. The third-order valence-electron chi connectivity index (χ3n) is 6.96. The number of thioether (sulfide) groups is 1. The molecule has 10 heteroatoms. The van der Waals surface area contributed by atoms with Gasteiger partial charge in [-0.15, -0.1) is 11.3 Å². The summed E-state index contributed by atoms with van der Waals surface area (Å²) in [5.74, 6) is 0. The molecule has 0 amide bonds. The van der Waals surface area contributed by atoms with Crippen LogP contribution in [0.5, 0.6) is 0 Å². The molecule has 2 N–H and O–H groups in total. The summed E-state index contributed by atoms with van der Waals surface area (Å²) in [7, 11) is 1.69. The molecule has 1 aromatic carbocycles. The maximum absolute atomic E-state index is 13.9. The van der Waals surface area contributed by atoms with Crippen molar-refractivity contribution in [2.45, 2.75) is 68.9 Å². The van der Waals surface area contributed by atoms with Gasteiger partial charge in [0.2, 0.25) is 0 Å². The summed E-state index contributed by atoms with van der Waals surface area (Å²) in [6.07, 6.45) is 7.66. The third-order valence-corrected chi connectivity index (χ3v) is 9.48. The van der Waals surface area contributed by atoms with Gasteiger partial charge in [0, 0.05) is 24.9 Å². The van der Waals surface area contributed by atoms with Crippen molar-refractivity contribution < 1.29 is 0 Å². The van der Waals surface area contributed by atoms with Crippen molar-refractivity contribution in [2.24, 2.45) is 12.8 Å². The minimum atomic E-state index is -0.388. The number of fused-ring (bicyclic) bond motifs is 2. The summed E-state index contributed by atoms with van der Waals surface area (Å²) >= 11 is 3.18. The van der Waals surface area contributed by atoms with Crippen LogP contribution in [0, 0.1) is 0 Å². The zero-order valence-electron chi connectivity index (χ0n) is 21.0. The van der Waals surface area contributed by atoms with Crippen LogP contribution in [-0.4, -0.2) is 35.0 Å². The van der Waals surface area contributed by atoms with Crippen molar-refractivity contribution in [3.05, 3.63) is 61.8 Å². The lowest BCUT2D eigenvalue weighted by atomic mass is 9.88. The Labute approximate surface area is 217 Å². The second kappa shape index (κ2) is 9.99. The number of aromatic nitrogens is 5. The van der Waals surface area contributed by atoms with Gasteiger partial charge in [-0.25, -0.2) is 14.8 Å². The highest BCUT2D eigenvalue weighted by Gasteiger charge is 2.34. The molecule has 0 atom stereocenters. The smallest absolute Gasteiger partial charge is 0.329 e. The van der Waals surface area contributed by atoms with E-state index in [0.29, 0.717) is 24.3 Å². The van der Waals surface area contributed by atoms with E-state index >= 15 is 0 Å². The van der Waals surface area contributed by atoms with Crippen molar-refractivity contribution in [3.63, 3.8) is 0 Å². The SMILES string of the molecule is CC(C)=CCn1c(SC2(CN)CCCCC2)nc2c1c(=O)n(Cc1nc3ccccc3s1)c(=O)n2C. The molecule has 0 unspecified atom stereocenters. The van der Waals surface area contributed by atoms with E-state index in [0.717, 1.165) is 51.6 Å². The summed E-state index contributed by atoms with van der Waals surface area (Å²) in [5, 5.41) is 1.48. The van der Waals surface area contributed by atoms with Crippen LogP contribution in [0.1, 0.15) is 51.0 Å². The molecular weight excluding hydrogens is 492 g/mol. The van der Waals surface area contributed by atoms with Gasteiger partial charge in [-0.3, -0.25) is 13.9 Å². The molecule has 1 fully saturated rings. The van der Waals surface area contributed by atoms with Crippen LogP contribution < -0.4 is 17.0 Å². The number of para-hydroxylation sites is 1. The molecule has 1 aliphatic rings. The number of rotatable bonds is 7. The first-order valence-corrected chi connectivity index (χ1v) is 14.0. The van der Waals surface area contributed by atoms with Crippen molar-refractivity contribution in [1.82, 2.24) is 23.7 Å². The number of nitrogens with two attached hydrogens (primary N) is 1. The zero-order valence-corrected chi connectivity index (χ0v) is 22.6. The highest BCUT2D eigenvalue weighted by atomic mass is 32.2. The summed E-state index contributed by atoms with van der Waals surface area (Å²) in [6, 6.07) is 7.83. The zero-order chi connectivity index (χ0) is 25.4. The molecule has 36 heavy (non-hydrogen) atoms. The van der Waals surface area contributed by atoms with Gasteiger partial charge < -0.3 is 10.3 Å². The lowest BCUT2D eigenvalue weighted by Crippen LogP contribution is -2.40. The first-order valence-electron chi connectivity index (χ1n) is 12.4. The first kappa shape index (κ1) is 25.0. The number of benzene rings is 1. The van der Waals surface area contributed by atoms with Crippen molar-refractivity contribution in [2.75, 3.05) is 6.54 Å². The molecule has 0 saturated heterocycles. The molecular formula is C26H32N6O2S2. The normalized spacial score (nSPS) is 15.6. The second-order valence-electron chi connectivity index (χ2n) is 9.82. The average Bonchev–Trinajstić information content (AvgIpc) is 3.45. The molecule has 190 valence electrons. The topological polar surface area (TPSA) is 101 Å². The number of allylic oxidation sites excluding steroid dienone is 2. The van der Waals surface area contributed by atoms with Crippen molar-refractivity contribution in [3.8, 4) is 0 Å². The molecule has 1 saturated carbocycles. The van der Waals surface area contributed by atoms with Gasteiger partial charge in [0.25, 0.3) is 5.56 Å². The molecule has 5 rings (SSSR count). The number of nitrogens with zero attached hydrogens (tertiary/aromatic N) is 5. The van der Waals surface area contributed by atoms with E-state index in [-0.39, 0.29) is 22.5 Å². The molecule has 3 heterocycles. The van der Waals surface area contributed by atoms with Crippen LogP contribution >= 0.6 is 23.1 Å². The summed E-state index contributed by atoms with van der Waals surface area (Å²) < 4.78 is 5.68. The van der Waals surface area contributed by atoms with Crippen molar-refractivity contribution >= 4 is 44.5 Å². The minimum absolute atomic E-state index is 0.0960. The fourth-order valence-corrected chi connectivity index (χ4v) is 7.20. The molecule has 0 radical (unpaired) electrons. The third kappa shape index (κ3) is 4.57. The van der Waals surface area contributed by atoms with Gasteiger partial charge in [0.1, 0.15) is 5.01 Å². The predicted molar refractivity (Wildman–Crippen MR) is 148 cm³/mol. The van der Waals surface area contributed by atoms with Crippen LogP contribution in [0.2, 0.25) is 0 Å². The molecule has 3 aromatic heterocycles. The summed E-state index contributed by atoms with van der Waals surface area (Å²) in [5.41, 5.74) is 8.44. The Kier molecular flexibility index (Phi) is 6.93. The fourth-order valence-electron chi connectivity index (χ4n) is 4.87. The standard InChI is InChI=1S/C26H32N6O2S2/c1-17(2)11-14-31-21-22(29-24(31)36-26(16-27)12-7-4-8-13-26)30(3)25(34)32(23(21)33)15-20-28-18-9-5-6-10-19(18)35-20/h5-6,9-11H,4,7-8,12-16,27H2,1-3H3. The van der Waals surface area contributed by atoms with E-state index in [1.54, 1.807) is 18.8 Å². The maximum Gasteiger partial charge on any atom is 0.332 e. The lowest BCUT2D eigenvalue weighted by molar-refractivity contribution is 0.402. The Balaban J connectivity index is 1.66. The van der Waals surface area contributed by atoms with Gasteiger partial charge >= 0.3 is 5.69 Å². The summed E-state index contributed by atoms with van der Waals surface area (Å²) in [6.45, 7) is 5.27. The lowest BCUT2D eigenvalue weighted by Gasteiger charge is -2.35. The molecule has 1 aliphatic carbocycles. The van der Waals surface area contributed by atoms with Crippen LogP contribution in [0.25, 0.3) is 21.4 Å². The van der Waals surface area contributed by atoms with Crippen molar-refractivity contribution in [1.29, 1.82) is 0 Å². The van der Waals surface area contributed by atoms with E-state index in [9.17, 15) is 9.59 Å². The Hall–Kier alpha value is -2.69. The largest absolute Gasteiger partial charge is 0.332 e. The van der Waals surface area contributed by atoms with E-state index in [4.69, 9.17) is 10.7 Å². The fraction of sp³-hybridized carbons (Fsp3) is 0.462. The second-order valence-corrected chi connectivity index (χ2v) is 12.4. The number of hydrogen-bond donors (Lipinski definition) is 1. The van der Waals surface area contributed by atoms with Gasteiger partial charge in [0.05, 0.1) is 16.8 Å². The minimum Gasteiger partial charge on any atom is -0.329 e. The van der Waals surface area contributed by atoms with Crippen LogP contribution in [-0.2, 0) is 20.1 Å². The van der Waals surface area contributed by atoms with Crippen LogP contribution in [0.4, 0.5) is 0 Å². The monoisotopic (exact) mass is 524 g/mol. The predicted octanol–water partition coefficient (Wildman–Crippen LogP) is 4.27. The van der Waals surface area contributed by atoms with E-state index in [2.05, 4.69) is 11.1 Å². The maximum atomic E-state index is 13.9. The molecule has 8 nitrogen and oxygen atoms in total. The first-order chi connectivity index (χ1) is 17.3. The Bertz CT molecular complexity index is 1530. The van der Waals surface area contributed by atoms with Crippen LogP contribution in [0.3, 0.4) is 0 Å². The van der Waals surface area contributed by atoms with E-state index < -0.39 is 0 Å². The van der Waals surface area contributed by atoms with E-state index in [1.165, 1.54) is 26.9 Å². The number of aryl methyl sites for hydroxylation is 1. The number of thiazole rings is 1. The quantitative estimate of drug-likeness (QED) is 0.362. The van der Waals surface area contributed by atoms with Gasteiger partial charge in [-0.2, -0.15) is 0 Å². The highest BCUT2D eigenvalue weighted by Crippen LogP contribution is 2.43. The highest BCUT2D eigenvalue weighted by molar-refractivity contribution is 8.00. The molecule has 0 spiro atoms. The van der Waals surface area contributed by atoms with Gasteiger partial charge in [-0.05, 0) is 38.8 Å². The Morgan fingerprint density at radius 2 is 1.89 bits per heavy atom. The molecule has 4 aromatic rings. The van der Waals surface area contributed by atoms with Crippen LogP contribution in [0.15, 0.2) is 50.7 Å². The molecule has 0 bridgehead atoms. The van der Waals surface area contributed by atoms with Gasteiger partial charge in [-0.1, -0.05) is 54.8 Å². The Morgan fingerprint density at radius 1 is 1.14 bits per heavy atom.